The van der Waals surface area contributed by atoms with Crippen LogP contribution >= 0.6 is 0 Å². The number of carboxylic acids is 1. The van der Waals surface area contributed by atoms with Crippen LogP contribution in [0.3, 0.4) is 0 Å². The van der Waals surface area contributed by atoms with E-state index in [1.54, 1.807) is 16.8 Å². The first-order valence-electron chi connectivity index (χ1n) is 8.99. The molecule has 1 aliphatic rings. The van der Waals surface area contributed by atoms with Crippen LogP contribution < -0.4 is 0 Å². The molecule has 1 aromatic carbocycles. The van der Waals surface area contributed by atoms with Gasteiger partial charge in [-0.15, -0.1) is 0 Å². The first kappa shape index (κ1) is 18.1. The van der Waals surface area contributed by atoms with Gasteiger partial charge in [0.2, 0.25) is 0 Å². The molecule has 1 fully saturated rings. The summed E-state index contributed by atoms with van der Waals surface area (Å²) < 4.78 is 1.75. The Morgan fingerprint density at radius 3 is 2.54 bits per heavy atom. The predicted octanol–water partition coefficient (Wildman–Crippen LogP) is 2.74. The number of piperidine rings is 1. The van der Waals surface area contributed by atoms with Gasteiger partial charge in [-0.3, -0.25) is 9.59 Å². The van der Waals surface area contributed by atoms with Crippen molar-refractivity contribution in [1.82, 2.24) is 19.7 Å². The molecule has 2 aromatic rings. The number of benzene rings is 1. The number of hydrogen-bond acceptors (Lipinski definition) is 4. The molecule has 0 saturated carbocycles. The molecule has 1 atom stereocenters. The minimum Gasteiger partial charge on any atom is -0.481 e. The SMILES string of the molecule is Cc1nc(C)n(-c2ccc(C(=O)N3CCCC[C@@H]3CCC(=O)O)cc2)n1. The second-order valence-electron chi connectivity index (χ2n) is 6.75. The number of carbonyl (C=O) groups excluding carboxylic acids is 1. The highest BCUT2D eigenvalue weighted by atomic mass is 16.4. The number of rotatable bonds is 5. The first-order chi connectivity index (χ1) is 12.5. The molecule has 1 aromatic heterocycles. The summed E-state index contributed by atoms with van der Waals surface area (Å²) in [6.45, 7) is 4.42. The van der Waals surface area contributed by atoms with Gasteiger partial charge in [-0.05, 0) is 63.8 Å². The maximum atomic E-state index is 12.9. The zero-order valence-corrected chi connectivity index (χ0v) is 15.2. The van der Waals surface area contributed by atoms with Crippen LogP contribution in [-0.4, -0.2) is 49.2 Å². The first-order valence-corrected chi connectivity index (χ1v) is 8.99. The quantitative estimate of drug-likeness (QED) is 0.890. The van der Waals surface area contributed by atoms with Crippen LogP contribution in [0.5, 0.6) is 0 Å². The molecule has 0 unspecified atom stereocenters. The van der Waals surface area contributed by atoms with E-state index in [2.05, 4.69) is 10.1 Å². The molecule has 1 aliphatic heterocycles. The minimum atomic E-state index is -0.814. The minimum absolute atomic E-state index is 0.00670. The van der Waals surface area contributed by atoms with Gasteiger partial charge in [-0.25, -0.2) is 9.67 Å². The van der Waals surface area contributed by atoms with Crippen LogP contribution in [-0.2, 0) is 4.79 Å². The van der Waals surface area contributed by atoms with Gasteiger partial charge in [0.25, 0.3) is 5.91 Å². The lowest BCUT2D eigenvalue weighted by Gasteiger charge is -2.35. The number of aromatic nitrogens is 3. The van der Waals surface area contributed by atoms with Crippen molar-refractivity contribution >= 4 is 11.9 Å². The monoisotopic (exact) mass is 356 g/mol. The van der Waals surface area contributed by atoms with Crippen molar-refractivity contribution in [3.63, 3.8) is 0 Å². The molecule has 3 rings (SSSR count). The van der Waals surface area contributed by atoms with Gasteiger partial charge in [0.05, 0.1) is 5.69 Å². The maximum absolute atomic E-state index is 12.9. The van der Waals surface area contributed by atoms with Crippen molar-refractivity contribution in [1.29, 1.82) is 0 Å². The normalized spacial score (nSPS) is 17.3. The summed E-state index contributed by atoms with van der Waals surface area (Å²) >= 11 is 0. The number of hydrogen-bond donors (Lipinski definition) is 1. The third kappa shape index (κ3) is 3.92. The summed E-state index contributed by atoms with van der Waals surface area (Å²) in [5.74, 6) is 0.660. The van der Waals surface area contributed by atoms with E-state index in [1.165, 1.54) is 0 Å². The molecule has 0 aliphatic carbocycles. The van der Waals surface area contributed by atoms with Gasteiger partial charge >= 0.3 is 5.97 Å². The molecule has 2 heterocycles. The second kappa shape index (κ2) is 7.68. The van der Waals surface area contributed by atoms with E-state index in [-0.39, 0.29) is 18.4 Å². The van der Waals surface area contributed by atoms with E-state index >= 15 is 0 Å². The highest BCUT2D eigenvalue weighted by molar-refractivity contribution is 5.94. The molecule has 0 spiro atoms. The van der Waals surface area contributed by atoms with Gasteiger partial charge in [-0.2, -0.15) is 5.10 Å². The van der Waals surface area contributed by atoms with E-state index < -0.39 is 5.97 Å². The average molecular weight is 356 g/mol. The Morgan fingerprint density at radius 1 is 1.19 bits per heavy atom. The third-order valence-electron chi connectivity index (χ3n) is 4.81. The Hall–Kier alpha value is -2.70. The highest BCUT2D eigenvalue weighted by Gasteiger charge is 2.27. The van der Waals surface area contributed by atoms with Crippen molar-refractivity contribution in [2.24, 2.45) is 0 Å². The molecule has 7 nitrogen and oxygen atoms in total. The van der Waals surface area contributed by atoms with Crippen LogP contribution in [0, 0.1) is 13.8 Å². The lowest BCUT2D eigenvalue weighted by atomic mass is 9.97. The fourth-order valence-electron chi connectivity index (χ4n) is 3.53. The molecule has 26 heavy (non-hydrogen) atoms. The summed E-state index contributed by atoms with van der Waals surface area (Å²) in [4.78, 5) is 29.9. The number of carbonyl (C=O) groups is 2. The molecule has 1 amide bonds. The fraction of sp³-hybridized carbons (Fsp3) is 0.474. The van der Waals surface area contributed by atoms with Gasteiger partial charge in [0.1, 0.15) is 11.6 Å². The molecular formula is C19H24N4O3. The van der Waals surface area contributed by atoms with Crippen LogP contribution in [0.4, 0.5) is 0 Å². The summed E-state index contributed by atoms with van der Waals surface area (Å²) in [6.07, 6.45) is 3.48. The number of amides is 1. The van der Waals surface area contributed by atoms with Crippen molar-refractivity contribution in [3.8, 4) is 5.69 Å². The van der Waals surface area contributed by atoms with Crippen LogP contribution in [0.25, 0.3) is 5.69 Å². The summed E-state index contributed by atoms with van der Waals surface area (Å²) in [5, 5.41) is 13.3. The zero-order valence-electron chi connectivity index (χ0n) is 15.2. The average Bonchev–Trinajstić information content (AvgIpc) is 2.98. The van der Waals surface area contributed by atoms with Crippen molar-refractivity contribution in [3.05, 3.63) is 41.5 Å². The molecular weight excluding hydrogens is 332 g/mol. The van der Waals surface area contributed by atoms with E-state index in [0.29, 0.717) is 24.4 Å². The molecule has 1 N–H and O–H groups in total. The zero-order chi connectivity index (χ0) is 18.7. The Kier molecular flexibility index (Phi) is 5.35. The molecule has 7 heteroatoms. The largest absolute Gasteiger partial charge is 0.481 e. The second-order valence-corrected chi connectivity index (χ2v) is 6.75. The molecule has 0 bridgehead atoms. The van der Waals surface area contributed by atoms with E-state index in [0.717, 1.165) is 30.8 Å². The number of aryl methyl sites for hydroxylation is 2. The lowest BCUT2D eigenvalue weighted by molar-refractivity contribution is -0.137. The summed E-state index contributed by atoms with van der Waals surface area (Å²) in [7, 11) is 0. The number of carboxylic acid groups (broad SMARTS) is 1. The van der Waals surface area contributed by atoms with E-state index in [9.17, 15) is 9.59 Å². The third-order valence-corrected chi connectivity index (χ3v) is 4.81. The standard InChI is InChI=1S/C19H24N4O3/c1-13-20-14(2)23(21-13)17-8-6-15(7-9-17)19(26)22-12-4-3-5-16(22)10-11-18(24)25/h6-9,16H,3-5,10-12H2,1-2H3,(H,24,25)/t16-/m1/s1. The number of likely N-dealkylation sites (tertiary alicyclic amines) is 1. The lowest BCUT2D eigenvalue weighted by Crippen LogP contribution is -2.44. The Labute approximate surface area is 152 Å². The molecule has 1 saturated heterocycles. The van der Waals surface area contributed by atoms with Crippen LogP contribution in [0.2, 0.25) is 0 Å². The van der Waals surface area contributed by atoms with Gasteiger partial charge in [-0.1, -0.05) is 0 Å². The van der Waals surface area contributed by atoms with Crippen molar-refractivity contribution in [2.75, 3.05) is 6.54 Å². The van der Waals surface area contributed by atoms with Gasteiger partial charge in [0, 0.05) is 24.6 Å². The van der Waals surface area contributed by atoms with E-state index in [4.69, 9.17) is 5.11 Å². The molecule has 0 radical (unpaired) electrons. The number of nitrogens with zero attached hydrogens (tertiary/aromatic N) is 4. The Balaban J connectivity index is 1.76. The summed E-state index contributed by atoms with van der Waals surface area (Å²) in [5.41, 5.74) is 1.48. The van der Waals surface area contributed by atoms with Crippen LogP contribution in [0.1, 0.15) is 54.1 Å². The highest BCUT2D eigenvalue weighted by Crippen LogP contribution is 2.23. The van der Waals surface area contributed by atoms with Crippen molar-refractivity contribution < 1.29 is 14.7 Å². The van der Waals surface area contributed by atoms with Crippen LogP contribution in [0.15, 0.2) is 24.3 Å². The van der Waals surface area contributed by atoms with E-state index in [1.807, 2.05) is 30.9 Å². The van der Waals surface area contributed by atoms with Gasteiger partial charge < -0.3 is 10.0 Å². The molecule has 138 valence electrons. The topological polar surface area (TPSA) is 88.3 Å². The predicted molar refractivity (Wildman–Crippen MR) is 96.4 cm³/mol. The fourth-order valence-corrected chi connectivity index (χ4v) is 3.53. The Bertz CT molecular complexity index is 798. The van der Waals surface area contributed by atoms with Crippen molar-refractivity contribution in [2.45, 2.75) is 52.0 Å². The van der Waals surface area contributed by atoms with Gasteiger partial charge in [0.15, 0.2) is 0 Å². The summed E-state index contributed by atoms with van der Waals surface area (Å²) in [6, 6.07) is 7.34. The Morgan fingerprint density at radius 2 is 1.92 bits per heavy atom. The number of aliphatic carboxylic acids is 1. The smallest absolute Gasteiger partial charge is 0.303 e. The maximum Gasteiger partial charge on any atom is 0.303 e.